The van der Waals surface area contributed by atoms with Crippen LogP contribution >= 0.6 is 15.9 Å². The van der Waals surface area contributed by atoms with Gasteiger partial charge in [-0.3, -0.25) is 0 Å². The van der Waals surface area contributed by atoms with Crippen molar-refractivity contribution in [2.75, 3.05) is 13.7 Å². The van der Waals surface area contributed by atoms with Crippen molar-refractivity contribution in [3.63, 3.8) is 0 Å². The van der Waals surface area contributed by atoms with Crippen LogP contribution in [0.5, 0.6) is 11.5 Å². The molecule has 0 radical (unpaired) electrons. The van der Waals surface area contributed by atoms with Crippen LogP contribution in [0, 0.1) is 0 Å². The van der Waals surface area contributed by atoms with E-state index in [4.69, 9.17) is 14.6 Å². The van der Waals surface area contributed by atoms with Crippen molar-refractivity contribution in [1.82, 2.24) is 0 Å². The molecule has 0 amide bonds. The quantitative estimate of drug-likeness (QED) is 0.621. The largest absolute Gasteiger partial charge is 0.493 e. The van der Waals surface area contributed by atoms with Crippen molar-refractivity contribution >= 4 is 15.9 Å². The fourth-order valence-corrected chi connectivity index (χ4v) is 1.80. The standard InChI is InChI=1S/C13H19BrO3/c1-10(14)4-3-7-17-12-6-5-11(9-15)8-13(12)16-2/h5-6,8,10,15H,3-4,7,9H2,1-2H3. The van der Waals surface area contributed by atoms with Gasteiger partial charge in [0.25, 0.3) is 0 Å². The van der Waals surface area contributed by atoms with E-state index in [9.17, 15) is 0 Å². The van der Waals surface area contributed by atoms with Crippen LogP contribution in [-0.4, -0.2) is 23.7 Å². The number of ether oxygens (including phenoxy) is 2. The Morgan fingerprint density at radius 3 is 2.71 bits per heavy atom. The highest BCUT2D eigenvalue weighted by atomic mass is 79.9. The minimum absolute atomic E-state index is 0.0116. The molecule has 96 valence electrons. The molecule has 0 aromatic heterocycles. The van der Waals surface area contributed by atoms with Crippen LogP contribution in [0.1, 0.15) is 25.3 Å². The third kappa shape index (κ3) is 4.96. The Balaban J connectivity index is 2.52. The molecule has 0 fully saturated rings. The zero-order chi connectivity index (χ0) is 12.7. The van der Waals surface area contributed by atoms with Crippen LogP contribution in [0.15, 0.2) is 18.2 Å². The molecular weight excluding hydrogens is 284 g/mol. The molecular formula is C13H19BrO3. The topological polar surface area (TPSA) is 38.7 Å². The first-order chi connectivity index (χ1) is 8.17. The van der Waals surface area contributed by atoms with Gasteiger partial charge in [0.2, 0.25) is 0 Å². The predicted molar refractivity (Wildman–Crippen MR) is 72.0 cm³/mol. The maximum atomic E-state index is 9.02. The highest BCUT2D eigenvalue weighted by molar-refractivity contribution is 9.09. The van der Waals surface area contributed by atoms with Gasteiger partial charge in [0, 0.05) is 4.83 Å². The summed E-state index contributed by atoms with van der Waals surface area (Å²) in [6.07, 6.45) is 2.08. The number of aliphatic hydroxyl groups excluding tert-OH is 1. The van der Waals surface area contributed by atoms with Crippen LogP contribution in [0.2, 0.25) is 0 Å². The third-order valence-electron chi connectivity index (χ3n) is 2.41. The first-order valence-electron chi connectivity index (χ1n) is 5.72. The van der Waals surface area contributed by atoms with Crippen LogP contribution in [-0.2, 0) is 6.61 Å². The number of hydrogen-bond donors (Lipinski definition) is 1. The summed E-state index contributed by atoms with van der Waals surface area (Å²) in [5.41, 5.74) is 0.822. The minimum atomic E-state index is 0.0116. The van der Waals surface area contributed by atoms with Crippen LogP contribution < -0.4 is 9.47 Å². The van der Waals surface area contributed by atoms with E-state index in [0.29, 0.717) is 17.2 Å². The van der Waals surface area contributed by atoms with E-state index >= 15 is 0 Å². The average molecular weight is 303 g/mol. The summed E-state index contributed by atoms with van der Waals surface area (Å²) in [5.74, 6) is 1.40. The molecule has 1 N–H and O–H groups in total. The van der Waals surface area contributed by atoms with Crippen LogP contribution in [0.3, 0.4) is 0 Å². The van der Waals surface area contributed by atoms with E-state index in [1.54, 1.807) is 13.2 Å². The SMILES string of the molecule is COc1cc(CO)ccc1OCCCC(C)Br. The Kier molecular flexibility index (Phi) is 6.37. The monoisotopic (exact) mass is 302 g/mol. The minimum Gasteiger partial charge on any atom is -0.493 e. The Morgan fingerprint density at radius 2 is 2.12 bits per heavy atom. The van der Waals surface area contributed by atoms with Gasteiger partial charge in [-0.25, -0.2) is 0 Å². The van der Waals surface area contributed by atoms with Crippen molar-refractivity contribution in [1.29, 1.82) is 0 Å². The lowest BCUT2D eigenvalue weighted by Gasteiger charge is -2.12. The number of aliphatic hydroxyl groups is 1. The molecule has 0 aliphatic carbocycles. The van der Waals surface area contributed by atoms with Crippen molar-refractivity contribution < 1.29 is 14.6 Å². The van der Waals surface area contributed by atoms with E-state index < -0.39 is 0 Å². The van der Waals surface area contributed by atoms with E-state index in [2.05, 4.69) is 22.9 Å². The number of benzene rings is 1. The molecule has 0 aliphatic heterocycles. The van der Waals surface area contributed by atoms with Gasteiger partial charge < -0.3 is 14.6 Å². The van der Waals surface area contributed by atoms with Crippen LogP contribution in [0.4, 0.5) is 0 Å². The van der Waals surface area contributed by atoms with E-state index in [1.165, 1.54) is 0 Å². The molecule has 3 nitrogen and oxygen atoms in total. The maximum absolute atomic E-state index is 9.02. The smallest absolute Gasteiger partial charge is 0.161 e. The van der Waals surface area contributed by atoms with Crippen LogP contribution in [0.25, 0.3) is 0 Å². The second-order valence-electron chi connectivity index (χ2n) is 3.91. The van der Waals surface area contributed by atoms with E-state index in [1.807, 2.05) is 12.1 Å². The Hall–Kier alpha value is -0.740. The summed E-state index contributed by atoms with van der Waals surface area (Å²) in [5, 5.41) is 9.02. The van der Waals surface area contributed by atoms with Gasteiger partial charge in [-0.15, -0.1) is 0 Å². The molecule has 1 unspecified atom stereocenters. The van der Waals surface area contributed by atoms with E-state index in [0.717, 1.165) is 24.2 Å². The Bertz CT molecular complexity index is 339. The summed E-state index contributed by atoms with van der Waals surface area (Å²) in [6.45, 7) is 2.80. The summed E-state index contributed by atoms with van der Waals surface area (Å²) in [6, 6.07) is 5.47. The molecule has 0 spiro atoms. The van der Waals surface area contributed by atoms with Gasteiger partial charge >= 0.3 is 0 Å². The maximum Gasteiger partial charge on any atom is 0.161 e. The van der Waals surface area contributed by atoms with Gasteiger partial charge in [0.15, 0.2) is 11.5 Å². The lowest BCUT2D eigenvalue weighted by Crippen LogP contribution is -2.02. The van der Waals surface area contributed by atoms with Crippen molar-refractivity contribution in [2.45, 2.75) is 31.2 Å². The lowest BCUT2D eigenvalue weighted by molar-refractivity contribution is 0.275. The van der Waals surface area contributed by atoms with Crippen molar-refractivity contribution in [3.8, 4) is 11.5 Å². The number of halogens is 1. The van der Waals surface area contributed by atoms with Crippen molar-refractivity contribution in [2.24, 2.45) is 0 Å². The summed E-state index contributed by atoms with van der Waals surface area (Å²) >= 11 is 3.50. The summed E-state index contributed by atoms with van der Waals surface area (Å²) < 4.78 is 10.9. The highest BCUT2D eigenvalue weighted by Gasteiger charge is 2.05. The molecule has 0 saturated heterocycles. The zero-order valence-electron chi connectivity index (χ0n) is 10.3. The molecule has 0 bridgehead atoms. The Labute approximate surface area is 111 Å². The molecule has 0 saturated carbocycles. The van der Waals surface area contributed by atoms with Gasteiger partial charge in [-0.2, -0.15) is 0 Å². The van der Waals surface area contributed by atoms with Gasteiger partial charge in [-0.1, -0.05) is 28.9 Å². The van der Waals surface area contributed by atoms with Gasteiger partial charge in [0.1, 0.15) is 0 Å². The Morgan fingerprint density at radius 1 is 1.35 bits per heavy atom. The molecule has 17 heavy (non-hydrogen) atoms. The number of alkyl halides is 1. The molecule has 0 heterocycles. The fourth-order valence-electron chi connectivity index (χ4n) is 1.48. The summed E-state index contributed by atoms with van der Waals surface area (Å²) in [7, 11) is 1.60. The van der Waals surface area contributed by atoms with Crippen molar-refractivity contribution in [3.05, 3.63) is 23.8 Å². The molecule has 1 aromatic carbocycles. The predicted octanol–water partition coefficient (Wildman–Crippen LogP) is 3.13. The van der Waals surface area contributed by atoms with E-state index in [-0.39, 0.29) is 6.61 Å². The third-order valence-corrected chi connectivity index (χ3v) is 2.87. The highest BCUT2D eigenvalue weighted by Crippen LogP contribution is 2.28. The first kappa shape index (κ1) is 14.3. The second-order valence-corrected chi connectivity index (χ2v) is 5.48. The zero-order valence-corrected chi connectivity index (χ0v) is 11.9. The number of hydrogen-bond acceptors (Lipinski definition) is 3. The van der Waals surface area contributed by atoms with Gasteiger partial charge in [-0.05, 0) is 30.5 Å². The molecule has 1 atom stereocenters. The molecule has 0 aliphatic rings. The fraction of sp³-hybridized carbons (Fsp3) is 0.538. The molecule has 1 aromatic rings. The first-order valence-corrected chi connectivity index (χ1v) is 6.63. The molecule has 4 heteroatoms. The average Bonchev–Trinajstić information content (AvgIpc) is 2.34. The second kappa shape index (κ2) is 7.56. The lowest BCUT2D eigenvalue weighted by atomic mass is 10.2. The number of methoxy groups -OCH3 is 1. The normalized spacial score (nSPS) is 12.2. The summed E-state index contributed by atoms with van der Waals surface area (Å²) in [4.78, 5) is 0.518. The molecule has 1 rings (SSSR count). The van der Waals surface area contributed by atoms with Gasteiger partial charge in [0.05, 0.1) is 20.3 Å². The number of rotatable bonds is 7.